The summed E-state index contributed by atoms with van der Waals surface area (Å²) in [5.41, 5.74) is 1.56. The maximum atomic E-state index is 13.1. The molecule has 1 aliphatic heterocycles. The number of hydrogen-bond acceptors (Lipinski definition) is 5. The Labute approximate surface area is 193 Å². The lowest BCUT2D eigenvalue weighted by Crippen LogP contribution is -2.35. The average molecular weight is 472 g/mol. The lowest BCUT2D eigenvalue weighted by Gasteiger charge is -2.21. The first-order valence-electron chi connectivity index (χ1n) is 11.4. The molecule has 0 spiro atoms. The number of likely N-dealkylation sites (N-methyl/N-ethyl adjacent to an activating group) is 1. The van der Waals surface area contributed by atoms with Gasteiger partial charge in [-0.2, -0.15) is 4.31 Å². The Hall–Kier alpha value is -2.91. The fourth-order valence-electron chi connectivity index (χ4n) is 4.20. The van der Waals surface area contributed by atoms with Crippen LogP contribution in [-0.4, -0.2) is 47.7 Å². The van der Waals surface area contributed by atoms with Gasteiger partial charge in [-0.3, -0.25) is 9.36 Å². The van der Waals surface area contributed by atoms with Gasteiger partial charge in [0.15, 0.2) is 5.58 Å². The van der Waals surface area contributed by atoms with Crippen LogP contribution in [0.25, 0.3) is 11.1 Å². The molecule has 1 saturated heterocycles. The van der Waals surface area contributed by atoms with Crippen molar-refractivity contribution in [1.82, 2.24) is 13.8 Å². The first kappa shape index (κ1) is 23.3. The minimum Gasteiger partial charge on any atom is -0.408 e. The molecule has 1 amide bonds. The van der Waals surface area contributed by atoms with Crippen molar-refractivity contribution >= 4 is 27.0 Å². The standard InChI is InChI=1S/C24H29N3O5S/c1-2-25(17-19-10-6-5-7-11-19)23(28)18-27-21-13-12-20(16-22(21)32-24(27)29)33(30,31)26-14-8-3-4-9-15-26/h5-7,10-13,16H,2-4,8-9,14-15,17-18H2,1H3. The van der Waals surface area contributed by atoms with Crippen LogP contribution >= 0.6 is 0 Å². The van der Waals surface area contributed by atoms with Gasteiger partial charge in [0.05, 0.1) is 10.4 Å². The Balaban J connectivity index is 1.57. The van der Waals surface area contributed by atoms with E-state index in [0.29, 0.717) is 31.7 Å². The zero-order valence-corrected chi connectivity index (χ0v) is 19.6. The van der Waals surface area contributed by atoms with Crippen LogP contribution in [0.15, 0.2) is 62.6 Å². The van der Waals surface area contributed by atoms with Gasteiger partial charge in [-0.05, 0) is 37.5 Å². The summed E-state index contributed by atoms with van der Waals surface area (Å²) in [4.78, 5) is 27.2. The second-order valence-corrected chi connectivity index (χ2v) is 10.2. The normalized spacial score (nSPS) is 15.4. The highest BCUT2D eigenvalue weighted by Crippen LogP contribution is 2.24. The van der Waals surface area contributed by atoms with Gasteiger partial charge in [0.2, 0.25) is 15.9 Å². The summed E-state index contributed by atoms with van der Waals surface area (Å²) in [7, 11) is -3.67. The Kier molecular flexibility index (Phi) is 6.99. The van der Waals surface area contributed by atoms with Crippen molar-refractivity contribution in [3.05, 3.63) is 64.6 Å². The summed E-state index contributed by atoms with van der Waals surface area (Å²) in [5.74, 6) is -0.897. The molecule has 33 heavy (non-hydrogen) atoms. The van der Waals surface area contributed by atoms with Crippen LogP contribution in [-0.2, 0) is 27.9 Å². The van der Waals surface area contributed by atoms with Gasteiger partial charge in [-0.15, -0.1) is 0 Å². The molecule has 1 aromatic heterocycles. The van der Waals surface area contributed by atoms with Gasteiger partial charge in [-0.1, -0.05) is 43.2 Å². The minimum absolute atomic E-state index is 0.100. The summed E-state index contributed by atoms with van der Waals surface area (Å²) < 4.78 is 34.3. The van der Waals surface area contributed by atoms with E-state index < -0.39 is 15.8 Å². The Morgan fingerprint density at radius 1 is 1.03 bits per heavy atom. The Morgan fingerprint density at radius 2 is 1.73 bits per heavy atom. The quantitative estimate of drug-likeness (QED) is 0.528. The number of carbonyl (C=O) groups excluding carboxylic acids is 1. The maximum Gasteiger partial charge on any atom is 0.420 e. The molecule has 8 nitrogen and oxygen atoms in total. The van der Waals surface area contributed by atoms with Crippen molar-refractivity contribution in [3.63, 3.8) is 0 Å². The van der Waals surface area contributed by atoms with E-state index in [-0.39, 0.29) is 22.9 Å². The number of hydrogen-bond donors (Lipinski definition) is 0. The van der Waals surface area contributed by atoms with E-state index >= 15 is 0 Å². The zero-order chi connectivity index (χ0) is 23.4. The minimum atomic E-state index is -3.67. The third kappa shape index (κ3) is 5.04. The van der Waals surface area contributed by atoms with Crippen molar-refractivity contribution in [3.8, 4) is 0 Å². The maximum absolute atomic E-state index is 13.1. The van der Waals surface area contributed by atoms with Crippen LogP contribution in [0.4, 0.5) is 0 Å². The summed E-state index contributed by atoms with van der Waals surface area (Å²) >= 11 is 0. The van der Waals surface area contributed by atoms with E-state index in [1.807, 2.05) is 37.3 Å². The average Bonchev–Trinajstić information content (AvgIpc) is 2.99. The van der Waals surface area contributed by atoms with Gasteiger partial charge in [0, 0.05) is 32.2 Å². The van der Waals surface area contributed by atoms with Gasteiger partial charge in [0.25, 0.3) is 0 Å². The number of aromatic nitrogens is 1. The fourth-order valence-corrected chi connectivity index (χ4v) is 5.74. The number of oxazole rings is 1. The number of amides is 1. The first-order valence-corrected chi connectivity index (χ1v) is 12.8. The summed E-state index contributed by atoms with van der Waals surface area (Å²) in [5, 5.41) is 0. The van der Waals surface area contributed by atoms with Gasteiger partial charge in [-0.25, -0.2) is 13.2 Å². The number of carbonyl (C=O) groups is 1. The van der Waals surface area contributed by atoms with Crippen molar-refractivity contribution in [2.75, 3.05) is 19.6 Å². The molecule has 4 rings (SSSR count). The van der Waals surface area contributed by atoms with Gasteiger partial charge >= 0.3 is 5.76 Å². The van der Waals surface area contributed by atoms with Crippen LogP contribution in [0.3, 0.4) is 0 Å². The number of benzene rings is 2. The van der Waals surface area contributed by atoms with E-state index in [0.717, 1.165) is 31.2 Å². The molecule has 0 radical (unpaired) electrons. The highest BCUT2D eigenvalue weighted by molar-refractivity contribution is 7.89. The molecule has 0 aliphatic carbocycles. The lowest BCUT2D eigenvalue weighted by molar-refractivity contribution is -0.132. The molecule has 1 aliphatic rings. The highest BCUT2D eigenvalue weighted by atomic mass is 32.2. The van der Waals surface area contributed by atoms with E-state index in [9.17, 15) is 18.0 Å². The van der Waals surface area contributed by atoms with E-state index in [4.69, 9.17) is 4.42 Å². The molecule has 9 heteroatoms. The van der Waals surface area contributed by atoms with E-state index in [1.165, 1.54) is 21.0 Å². The van der Waals surface area contributed by atoms with Crippen molar-refractivity contribution < 1.29 is 17.6 Å². The molecule has 2 heterocycles. The van der Waals surface area contributed by atoms with Crippen molar-refractivity contribution in [2.45, 2.75) is 50.6 Å². The van der Waals surface area contributed by atoms with Crippen LogP contribution in [0.5, 0.6) is 0 Å². The third-order valence-electron chi connectivity index (χ3n) is 6.09. The van der Waals surface area contributed by atoms with Gasteiger partial charge in [0.1, 0.15) is 6.54 Å². The van der Waals surface area contributed by atoms with E-state index in [1.54, 1.807) is 11.0 Å². The fraction of sp³-hybridized carbons (Fsp3) is 0.417. The smallest absolute Gasteiger partial charge is 0.408 e. The van der Waals surface area contributed by atoms with E-state index in [2.05, 4.69) is 0 Å². The zero-order valence-electron chi connectivity index (χ0n) is 18.8. The monoisotopic (exact) mass is 471 g/mol. The molecular formula is C24H29N3O5S. The van der Waals surface area contributed by atoms with Crippen LogP contribution in [0, 0.1) is 0 Å². The highest BCUT2D eigenvalue weighted by Gasteiger charge is 2.26. The molecule has 1 fully saturated rings. The van der Waals surface area contributed by atoms with Gasteiger partial charge < -0.3 is 9.32 Å². The molecule has 176 valence electrons. The molecular weight excluding hydrogens is 442 g/mol. The molecule has 0 bridgehead atoms. The number of sulfonamides is 1. The number of fused-ring (bicyclic) bond motifs is 1. The first-order chi connectivity index (χ1) is 15.9. The SMILES string of the molecule is CCN(Cc1ccccc1)C(=O)Cn1c(=O)oc2cc(S(=O)(=O)N3CCCCCC3)ccc21. The summed E-state index contributed by atoms with van der Waals surface area (Å²) in [6.45, 7) is 3.64. The molecule has 0 saturated carbocycles. The molecule has 2 aromatic carbocycles. The molecule has 3 aromatic rings. The second kappa shape index (κ2) is 9.93. The Bertz CT molecular complexity index is 1270. The second-order valence-electron chi connectivity index (χ2n) is 8.30. The molecule has 0 atom stereocenters. The largest absolute Gasteiger partial charge is 0.420 e. The molecule has 0 unspecified atom stereocenters. The van der Waals surface area contributed by atoms with Crippen molar-refractivity contribution in [2.24, 2.45) is 0 Å². The van der Waals surface area contributed by atoms with Crippen LogP contribution in [0.1, 0.15) is 38.2 Å². The van der Waals surface area contributed by atoms with Crippen LogP contribution in [0.2, 0.25) is 0 Å². The molecule has 0 N–H and O–H groups in total. The lowest BCUT2D eigenvalue weighted by atomic mass is 10.2. The predicted octanol–water partition coefficient (Wildman–Crippen LogP) is 3.21. The number of nitrogens with zero attached hydrogens (tertiary/aromatic N) is 3. The predicted molar refractivity (Wildman–Crippen MR) is 125 cm³/mol. The number of rotatable bonds is 7. The third-order valence-corrected chi connectivity index (χ3v) is 7.98. The summed E-state index contributed by atoms with van der Waals surface area (Å²) in [6, 6.07) is 14.1. The van der Waals surface area contributed by atoms with Crippen LogP contribution < -0.4 is 5.76 Å². The Morgan fingerprint density at radius 3 is 2.39 bits per heavy atom. The summed E-state index contributed by atoms with van der Waals surface area (Å²) in [6.07, 6.45) is 3.73. The topological polar surface area (TPSA) is 92.8 Å². The van der Waals surface area contributed by atoms with Crippen molar-refractivity contribution in [1.29, 1.82) is 0 Å².